The van der Waals surface area contributed by atoms with Crippen molar-refractivity contribution in [2.24, 2.45) is 0 Å². The Hall–Kier alpha value is -2.53. The summed E-state index contributed by atoms with van der Waals surface area (Å²) in [7, 11) is 0. The smallest absolute Gasteiger partial charge is 0.157 e. The Labute approximate surface area is 110 Å². The van der Waals surface area contributed by atoms with Gasteiger partial charge in [-0.05, 0) is 11.6 Å². The molecule has 0 bridgehead atoms. The predicted molar refractivity (Wildman–Crippen MR) is 70.5 cm³/mol. The highest BCUT2D eigenvalue weighted by Crippen LogP contribution is 2.18. The molecule has 0 saturated heterocycles. The molecule has 0 amide bonds. The highest BCUT2D eigenvalue weighted by atomic mass is 16.3. The maximum Gasteiger partial charge on any atom is 0.157 e. The molecule has 2 aromatic heterocycles. The molecule has 0 saturated carbocycles. The number of rotatable bonds is 3. The van der Waals surface area contributed by atoms with Gasteiger partial charge in [0.25, 0.3) is 0 Å². The zero-order chi connectivity index (χ0) is 13.1. The SMILES string of the molecule is OCc1ccc(-c2cc(-n3cccn3)ncn2)cc1. The van der Waals surface area contributed by atoms with Crippen LogP contribution in [0.4, 0.5) is 0 Å². The van der Waals surface area contributed by atoms with Crippen LogP contribution < -0.4 is 0 Å². The predicted octanol–water partition coefficient (Wildman–Crippen LogP) is 1.82. The second kappa shape index (κ2) is 4.99. The largest absolute Gasteiger partial charge is 0.392 e. The number of hydrogen-bond donors (Lipinski definition) is 1. The number of aliphatic hydroxyl groups is 1. The lowest BCUT2D eigenvalue weighted by Crippen LogP contribution is -1.99. The van der Waals surface area contributed by atoms with Crippen molar-refractivity contribution in [3.05, 3.63) is 60.7 Å². The fourth-order valence-electron chi connectivity index (χ4n) is 1.82. The van der Waals surface area contributed by atoms with E-state index in [9.17, 15) is 0 Å². The summed E-state index contributed by atoms with van der Waals surface area (Å²) in [5.41, 5.74) is 2.68. The van der Waals surface area contributed by atoms with Gasteiger partial charge in [0.05, 0.1) is 12.3 Å². The first-order chi connectivity index (χ1) is 9.36. The zero-order valence-corrected chi connectivity index (χ0v) is 10.1. The van der Waals surface area contributed by atoms with Gasteiger partial charge in [-0.3, -0.25) is 0 Å². The summed E-state index contributed by atoms with van der Waals surface area (Å²) in [6.07, 6.45) is 5.06. The van der Waals surface area contributed by atoms with E-state index in [1.807, 2.05) is 42.6 Å². The van der Waals surface area contributed by atoms with Crippen LogP contribution in [0, 0.1) is 0 Å². The number of benzene rings is 1. The van der Waals surface area contributed by atoms with Crippen molar-refractivity contribution in [1.82, 2.24) is 19.7 Å². The molecule has 0 aliphatic rings. The summed E-state index contributed by atoms with van der Waals surface area (Å²) in [4.78, 5) is 8.45. The molecule has 0 atom stereocenters. The van der Waals surface area contributed by atoms with E-state index in [0.29, 0.717) is 0 Å². The minimum absolute atomic E-state index is 0.0442. The number of hydrogen-bond acceptors (Lipinski definition) is 4. The van der Waals surface area contributed by atoms with Crippen LogP contribution in [0.1, 0.15) is 5.56 Å². The van der Waals surface area contributed by atoms with Crippen LogP contribution >= 0.6 is 0 Å². The molecule has 3 rings (SSSR count). The van der Waals surface area contributed by atoms with E-state index in [-0.39, 0.29) is 6.61 Å². The van der Waals surface area contributed by atoms with E-state index < -0.39 is 0 Å². The van der Waals surface area contributed by atoms with Crippen LogP contribution in [0.25, 0.3) is 17.1 Å². The maximum atomic E-state index is 9.03. The van der Waals surface area contributed by atoms with Crippen molar-refractivity contribution in [1.29, 1.82) is 0 Å². The van der Waals surface area contributed by atoms with Crippen LogP contribution in [-0.4, -0.2) is 24.9 Å². The quantitative estimate of drug-likeness (QED) is 0.772. The molecule has 0 spiro atoms. The van der Waals surface area contributed by atoms with Crippen LogP contribution in [0.2, 0.25) is 0 Å². The first-order valence-electron chi connectivity index (χ1n) is 5.89. The second-order valence-corrected chi connectivity index (χ2v) is 4.07. The molecule has 0 radical (unpaired) electrons. The van der Waals surface area contributed by atoms with Crippen LogP contribution in [0.15, 0.2) is 55.1 Å². The monoisotopic (exact) mass is 252 g/mol. The van der Waals surface area contributed by atoms with Gasteiger partial charge in [0.15, 0.2) is 5.82 Å². The Kier molecular flexibility index (Phi) is 3.04. The molecule has 1 aromatic carbocycles. The molecule has 1 N–H and O–H groups in total. The van der Waals surface area contributed by atoms with Crippen molar-refractivity contribution in [2.75, 3.05) is 0 Å². The van der Waals surface area contributed by atoms with E-state index >= 15 is 0 Å². The lowest BCUT2D eigenvalue weighted by atomic mass is 10.1. The van der Waals surface area contributed by atoms with E-state index in [2.05, 4.69) is 15.1 Å². The van der Waals surface area contributed by atoms with Crippen molar-refractivity contribution in [3.63, 3.8) is 0 Å². The Morgan fingerprint density at radius 3 is 2.63 bits per heavy atom. The Balaban J connectivity index is 1.98. The van der Waals surface area contributed by atoms with E-state index in [0.717, 1.165) is 22.6 Å². The lowest BCUT2D eigenvalue weighted by Gasteiger charge is -2.04. The molecule has 0 fully saturated rings. The van der Waals surface area contributed by atoms with Crippen molar-refractivity contribution in [2.45, 2.75) is 6.61 Å². The Morgan fingerprint density at radius 1 is 1.11 bits per heavy atom. The van der Waals surface area contributed by atoms with Crippen LogP contribution in [0.5, 0.6) is 0 Å². The average Bonchev–Trinajstić information content (AvgIpc) is 3.02. The molecule has 0 aliphatic heterocycles. The summed E-state index contributed by atoms with van der Waals surface area (Å²) in [5.74, 6) is 0.723. The molecule has 94 valence electrons. The molecule has 19 heavy (non-hydrogen) atoms. The second-order valence-electron chi connectivity index (χ2n) is 4.07. The molecule has 2 heterocycles. The van der Waals surface area contributed by atoms with Gasteiger partial charge in [0.1, 0.15) is 6.33 Å². The Bertz CT molecular complexity index is 662. The first-order valence-corrected chi connectivity index (χ1v) is 5.89. The summed E-state index contributed by atoms with van der Waals surface area (Å²) in [6.45, 7) is 0.0442. The van der Waals surface area contributed by atoms with Gasteiger partial charge in [0, 0.05) is 24.0 Å². The molecular weight excluding hydrogens is 240 g/mol. The van der Waals surface area contributed by atoms with E-state index in [4.69, 9.17) is 5.11 Å². The minimum atomic E-state index is 0.0442. The van der Waals surface area contributed by atoms with Gasteiger partial charge < -0.3 is 5.11 Å². The van der Waals surface area contributed by atoms with E-state index in [1.165, 1.54) is 6.33 Å². The standard InChI is InChI=1S/C14H12N4O/c19-9-11-2-4-12(5-3-11)13-8-14(16-10-15-13)18-7-1-6-17-18/h1-8,10,19H,9H2. The molecule has 5 nitrogen and oxygen atoms in total. The third-order valence-corrected chi connectivity index (χ3v) is 2.82. The normalized spacial score (nSPS) is 10.6. The molecule has 5 heteroatoms. The third-order valence-electron chi connectivity index (χ3n) is 2.82. The molecule has 0 unspecified atom stereocenters. The van der Waals surface area contributed by atoms with Crippen molar-refractivity contribution >= 4 is 0 Å². The van der Waals surface area contributed by atoms with Gasteiger partial charge >= 0.3 is 0 Å². The van der Waals surface area contributed by atoms with Crippen molar-refractivity contribution in [3.8, 4) is 17.1 Å². The number of nitrogens with zero attached hydrogens (tertiary/aromatic N) is 4. The van der Waals surface area contributed by atoms with Crippen molar-refractivity contribution < 1.29 is 5.11 Å². The molecule has 3 aromatic rings. The topological polar surface area (TPSA) is 63.8 Å². The van der Waals surface area contributed by atoms with Gasteiger partial charge in [-0.1, -0.05) is 24.3 Å². The van der Waals surface area contributed by atoms with Gasteiger partial charge in [-0.2, -0.15) is 5.10 Å². The summed E-state index contributed by atoms with van der Waals surface area (Å²) >= 11 is 0. The first kappa shape index (κ1) is 11.6. The number of aromatic nitrogens is 4. The number of aliphatic hydroxyl groups excluding tert-OH is 1. The average molecular weight is 252 g/mol. The molecule has 0 aliphatic carbocycles. The van der Waals surface area contributed by atoms with Crippen LogP contribution in [0.3, 0.4) is 0 Å². The Morgan fingerprint density at radius 2 is 1.95 bits per heavy atom. The lowest BCUT2D eigenvalue weighted by molar-refractivity contribution is 0.282. The third kappa shape index (κ3) is 2.36. The zero-order valence-electron chi connectivity index (χ0n) is 10.1. The minimum Gasteiger partial charge on any atom is -0.392 e. The highest BCUT2D eigenvalue weighted by Gasteiger charge is 2.03. The maximum absolute atomic E-state index is 9.03. The fourth-order valence-corrected chi connectivity index (χ4v) is 1.82. The van der Waals surface area contributed by atoms with E-state index in [1.54, 1.807) is 10.9 Å². The van der Waals surface area contributed by atoms with Gasteiger partial charge in [0.2, 0.25) is 0 Å². The molecular formula is C14H12N4O. The summed E-state index contributed by atoms with van der Waals surface area (Å²) in [6, 6.07) is 11.3. The highest BCUT2D eigenvalue weighted by molar-refractivity contribution is 5.60. The summed E-state index contributed by atoms with van der Waals surface area (Å²) in [5, 5.41) is 13.2. The van der Waals surface area contributed by atoms with Gasteiger partial charge in [-0.25, -0.2) is 14.6 Å². The summed E-state index contributed by atoms with van der Waals surface area (Å²) < 4.78 is 1.69. The fraction of sp³-hybridized carbons (Fsp3) is 0.0714. The van der Waals surface area contributed by atoms with Crippen LogP contribution in [-0.2, 0) is 6.61 Å². The van der Waals surface area contributed by atoms with Gasteiger partial charge in [-0.15, -0.1) is 0 Å².